The van der Waals surface area contributed by atoms with Gasteiger partial charge in [0.2, 0.25) is 0 Å². The van der Waals surface area contributed by atoms with Crippen molar-refractivity contribution < 1.29 is 14.7 Å². The molecule has 0 aliphatic carbocycles. The number of hydrogen-bond acceptors (Lipinski definition) is 4. The van der Waals surface area contributed by atoms with Gasteiger partial charge in [-0.25, -0.2) is 4.98 Å². The van der Waals surface area contributed by atoms with Gasteiger partial charge < -0.3 is 15.7 Å². The summed E-state index contributed by atoms with van der Waals surface area (Å²) in [5.41, 5.74) is 7.48. The smallest absolute Gasteiger partial charge is 0.303 e. The topological polar surface area (TPSA) is 96.5 Å². The van der Waals surface area contributed by atoms with Crippen molar-refractivity contribution in [2.45, 2.75) is 46.6 Å². The van der Waals surface area contributed by atoms with Crippen LogP contribution in [0.5, 0.6) is 0 Å². The van der Waals surface area contributed by atoms with E-state index in [-0.39, 0.29) is 12.5 Å². The number of aliphatic carboxylic acids is 1. The molecule has 0 radical (unpaired) electrons. The molecule has 116 valence electrons. The fourth-order valence-corrected chi connectivity index (χ4v) is 2.34. The Labute approximate surface area is 125 Å². The van der Waals surface area contributed by atoms with Gasteiger partial charge in [-0.2, -0.15) is 0 Å². The molecular weight excluding hydrogens is 270 g/mol. The lowest BCUT2D eigenvalue weighted by Gasteiger charge is -2.30. The number of aromatic nitrogens is 1. The van der Waals surface area contributed by atoms with Crippen LogP contribution < -0.4 is 10.6 Å². The molecule has 1 aromatic rings. The Morgan fingerprint density at radius 3 is 2.48 bits per heavy atom. The fourth-order valence-electron chi connectivity index (χ4n) is 2.34. The molecule has 1 aromatic heterocycles. The molecule has 0 bridgehead atoms. The van der Waals surface area contributed by atoms with E-state index in [0.717, 1.165) is 11.3 Å². The van der Waals surface area contributed by atoms with Crippen LogP contribution >= 0.6 is 0 Å². The zero-order valence-electron chi connectivity index (χ0n) is 13.0. The Morgan fingerprint density at radius 1 is 1.38 bits per heavy atom. The zero-order valence-corrected chi connectivity index (χ0v) is 13.0. The maximum absolute atomic E-state index is 11.7. The van der Waals surface area contributed by atoms with E-state index >= 15 is 0 Å². The largest absolute Gasteiger partial charge is 0.481 e. The average molecular weight is 293 g/mol. The van der Waals surface area contributed by atoms with E-state index in [1.807, 2.05) is 38.7 Å². The van der Waals surface area contributed by atoms with E-state index in [1.54, 1.807) is 0 Å². The number of hydrogen-bond donors (Lipinski definition) is 2. The number of anilines is 1. The Balaban J connectivity index is 3.18. The van der Waals surface area contributed by atoms with Crippen molar-refractivity contribution in [2.75, 3.05) is 11.4 Å². The van der Waals surface area contributed by atoms with E-state index in [2.05, 4.69) is 4.98 Å². The molecule has 0 aliphatic rings. The molecule has 6 heteroatoms. The summed E-state index contributed by atoms with van der Waals surface area (Å²) in [6.07, 6.45) is 0.570. The third kappa shape index (κ3) is 4.44. The minimum atomic E-state index is -0.831. The molecule has 0 atom stereocenters. The highest BCUT2D eigenvalue weighted by Crippen LogP contribution is 2.24. The number of carboxylic acids is 1. The number of amides is 1. The summed E-state index contributed by atoms with van der Waals surface area (Å²) in [5.74, 6) is -0.804. The number of carbonyl (C=O) groups excluding carboxylic acids is 1. The van der Waals surface area contributed by atoms with Gasteiger partial charge >= 0.3 is 5.97 Å². The molecule has 0 unspecified atom stereocenters. The first-order valence-corrected chi connectivity index (χ1v) is 7.00. The van der Waals surface area contributed by atoms with Crippen molar-refractivity contribution >= 4 is 17.7 Å². The lowest BCUT2D eigenvalue weighted by molar-refractivity contribution is -0.137. The molecule has 0 fully saturated rings. The molecule has 6 nitrogen and oxygen atoms in total. The van der Waals surface area contributed by atoms with E-state index in [4.69, 9.17) is 10.8 Å². The normalized spacial score (nSPS) is 10.7. The predicted molar refractivity (Wildman–Crippen MR) is 81.6 cm³/mol. The minimum Gasteiger partial charge on any atom is -0.481 e. The van der Waals surface area contributed by atoms with Gasteiger partial charge in [-0.3, -0.25) is 9.59 Å². The Bertz CT molecular complexity index is 541. The lowest BCUT2D eigenvalue weighted by Crippen LogP contribution is -2.35. The summed E-state index contributed by atoms with van der Waals surface area (Å²) in [6, 6.07) is 1.91. The molecule has 1 rings (SSSR count). The number of carbonyl (C=O) groups is 2. The van der Waals surface area contributed by atoms with Crippen LogP contribution in [0.25, 0.3) is 0 Å². The van der Waals surface area contributed by atoms with Crippen molar-refractivity contribution in [1.29, 1.82) is 0 Å². The molecule has 0 spiro atoms. The van der Waals surface area contributed by atoms with Crippen LogP contribution in [0, 0.1) is 13.8 Å². The predicted octanol–water partition coefficient (Wildman–Crippen LogP) is 1.88. The van der Waals surface area contributed by atoms with Crippen molar-refractivity contribution in [2.24, 2.45) is 5.73 Å². The Kier molecular flexibility index (Phi) is 5.69. The summed E-state index contributed by atoms with van der Waals surface area (Å²) in [4.78, 5) is 28.8. The second-order valence-corrected chi connectivity index (χ2v) is 5.43. The van der Waals surface area contributed by atoms with Crippen LogP contribution in [0.4, 0.5) is 5.82 Å². The molecule has 0 aliphatic heterocycles. The first-order chi connectivity index (χ1) is 9.73. The molecule has 1 heterocycles. The van der Waals surface area contributed by atoms with E-state index in [9.17, 15) is 9.59 Å². The van der Waals surface area contributed by atoms with Gasteiger partial charge in [0.05, 0.1) is 5.56 Å². The van der Waals surface area contributed by atoms with Gasteiger partial charge in [0.1, 0.15) is 5.82 Å². The fraction of sp³-hybridized carbons (Fsp3) is 0.533. The zero-order chi connectivity index (χ0) is 16.2. The number of rotatable bonds is 7. The van der Waals surface area contributed by atoms with E-state index < -0.39 is 11.9 Å². The monoisotopic (exact) mass is 293 g/mol. The SMILES string of the molecule is Cc1cc(C)c(C(N)=O)c(N(CCCC(=O)O)C(C)C)n1. The highest BCUT2D eigenvalue weighted by molar-refractivity contribution is 5.99. The summed E-state index contributed by atoms with van der Waals surface area (Å²) in [6.45, 7) is 8.15. The van der Waals surface area contributed by atoms with Crippen molar-refractivity contribution in [3.8, 4) is 0 Å². The van der Waals surface area contributed by atoms with Gasteiger partial charge in [-0.1, -0.05) is 0 Å². The third-order valence-electron chi connectivity index (χ3n) is 3.26. The van der Waals surface area contributed by atoms with Gasteiger partial charge in [-0.15, -0.1) is 0 Å². The maximum atomic E-state index is 11.7. The van der Waals surface area contributed by atoms with Gasteiger partial charge in [0.15, 0.2) is 0 Å². The number of primary amides is 1. The van der Waals surface area contributed by atoms with Crippen molar-refractivity contribution in [3.05, 3.63) is 22.9 Å². The van der Waals surface area contributed by atoms with Gasteiger partial charge in [0.25, 0.3) is 5.91 Å². The van der Waals surface area contributed by atoms with E-state index in [0.29, 0.717) is 24.3 Å². The minimum absolute atomic E-state index is 0.0833. The van der Waals surface area contributed by atoms with Crippen LogP contribution in [-0.4, -0.2) is 34.6 Å². The summed E-state index contributed by atoms with van der Waals surface area (Å²) in [7, 11) is 0. The van der Waals surface area contributed by atoms with Crippen LogP contribution in [0.3, 0.4) is 0 Å². The van der Waals surface area contributed by atoms with E-state index in [1.165, 1.54) is 0 Å². The van der Waals surface area contributed by atoms with Gasteiger partial charge in [0, 0.05) is 24.7 Å². The Morgan fingerprint density at radius 2 is 2.00 bits per heavy atom. The molecule has 0 aromatic carbocycles. The van der Waals surface area contributed by atoms with Crippen LogP contribution in [-0.2, 0) is 4.79 Å². The molecule has 0 saturated heterocycles. The highest BCUT2D eigenvalue weighted by atomic mass is 16.4. The molecule has 0 saturated carbocycles. The first-order valence-electron chi connectivity index (χ1n) is 7.00. The maximum Gasteiger partial charge on any atom is 0.303 e. The van der Waals surface area contributed by atoms with Crippen molar-refractivity contribution in [3.63, 3.8) is 0 Å². The average Bonchev–Trinajstić information content (AvgIpc) is 2.32. The number of nitrogens with zero attached hydrogens (tertiary/aromatic N) is 2. The molecule has 21 heavy (non-hydrogen) atoms. The highest BCUT2D eigenvalue weighted by Gasteiger charge is 2.21. The molecule has 3 N–H and O–H groups in total. The molecular formula is C15H23N3O3. The third-order valence-corrected chi connectivity index (χ3v) is 3.26. The quantitative estimate of drug-likeness (QED) is 0.800. The van der Waals surface area contributed by atoms with Crippen LogP contribution in [0.2, 0.25) is 0 Å². The standard InChI is InChI=1S/C15H23N3O3/c1-9(2)18(7-5-6-12(19)20)15-13(14(16)21)10(3)8-11(4)17-15/h8-9H,5-7H2,1-4H3,(H2,16,21)(H,19,20). The first kappa shape index (κ1) is 16.9. The van der Waals surface area contributed by atoms with Crippen molar-refractivity contribution in [1.82, 2.24) is 4.98 Å². The number of pyridine rings is 1. The molecule has 1 amide bonds. The summed E-state index contributed by atoms with van der Waals surface area (Å²) >= 11 is 0. The summed E-state index contributed by atoms with van der Waals surface area (Å²) < 4.78 is 0. The second kappa shape index (κ2) is 7.06. The number of carboxylic acid groups (broad SMARTS) is 1. The Hall–Kier alpha value is -2.11. The second-order valence-electron chi connectivity index (χ2n) is 5.43. The number of nitrogens with two attached hydrogens (primary N) is 1. The lowest BCUT2D eigenvalue weighted by atomic mass is 10.1. The van der Waals surface area contributed by atoms with Crippen LogP contribution in [0.15, 0.2) is 6.07 Å². The number of aryl methyl sites for hydroxylation is 2. The van der Waals surface area contributed by atoms with Gasteiger partial charge in [-0.05, 0) is 45.7 Å². The summed E-state index contributed by atoms with van der Waals surface area (Å²) in [5, 5.41) is 8.76. The van der Waals surface area contributed by atoms with Crippen LogP contribution in [0.1, 0.15) is 48.3 Å².